The van der Waals surface area contributed by atoms with E-state index < -0.39 is 17.5 Å². The highest BCUT2D eigenvalue weighted by molar-refractivity contribution is 5.76. The molecule has 5 aliphatic carbocycles. The van der Waals surface area contributed by atoms with Crippen LogP contribution in [0.1, 0.15) is 106 Å². The second-order valence-corrected chi connectivity index (χ2v) is 15.2. The monoisotopic (exact) mass is 472 g/mol. The molecule has 0 aromatic carbocycles. The smallest absolute Gasteiger partial charge is 0.310 e. The number of carbonyl (C=O) groups is 1. The van der Waals surface area contributed by atoms with Gasteiger partial charge in [-0.25, -0.2) is 0 Å². The van der Waals surface area contributed by atoms with Crippen molar-refractivity contribution in [3.63, 3.8) is 0 Å². The van der Waals surface area contributed by atoms with Crippen molar-refractivity contribution in [1.29, 1.82) is 0 Å². The molecule has 4 nitrogen and oxygen atoms in total. The van der Waals surface area contributed by atoms with Crippen LogP contribution in [-0.2, 0) is 4.79 Å². The molecular weight excluding hydrogens is 424 g/mol. The summed E-state index contributed by atoms with van der Waals surface area (Å²) in [7, 11) is 0. The summed E-state index contributed by atoms with van der Waals surface area (Å²) in [5.41, 5.74) is 0.421. The number of carboxylic acids is 1. The summed E-state index contributed by atoms with van der Waals surface area (Å²) in [6, 6.07) is 0. The van der Waals surface area contributed by atoms with Crippen molar-refractivity contribution in [3.05, 3.63) is 11.6 Å². The van der Waals surface area contributed by atoms with E-state index in [0.29, 0.717) is 5.92 Å². The minimum atomic E-state index is -0.624. The van der Waals surface area contributed by atoms with E-state index in [4.69, 9.17) is 0 Å². The first-order valence-electron chi connectivity index (χ1n) is 13.9. The van der Waals surface area contributed by atoms with Crippen molar-refractivity contribution in [2.45, 2.75) is 118 Å². The van der Waals surface area contributed by atoms with Gasteiger partial charge in [-0.3, -0.25) is 4.79 Å². The Labute approximate surface area is 206 Å². The Morgan fingerprint density at radius 3 is 2.21 bits per heavy atom. The fourth-order valence-electron chi connectivity index (χ4n) is 10.8. The minimum Gasteiger partial charge on any atom is -0.481 e. The molecule has 4 fully saturated rings. The van der Waals surface area contributed by atoms with Crippen molar-refractivity contribution >= 4 is 5.97 Å². The topological polar surface area (TPSA) is 77.8 Å². The maximum absolute atomic E-state index is 12.8. The molecule has 0 amide bonds. The number of aliphatic carboxylic acids is 1. The Morgan fingerprint density at radius 1 is 0.912 bits per heavy atom. The Morgan fingerprint density at radius 2 is 1.56 bits per heavy atom. The lowest BCUT2D eigenvalue weighted by Crippen LogP contribution is -2.68. The molecule has 34 heavy (non-hydrogen) atoms. The van der Waals surface area contributed by atoms with Crippen LogP contribution in [0, 0.1) is 50.2 Å². The lowest BCUT2D eigenvalue weighted by Gasteiger charge is -2.72. The van der Waals surface area contributed by atoms with Gasteiger partial charge in [-0.1, -0.05) is 60.1 Å². The molecule has 0 unspecified atom stereocenters. The Bertz CT molecular complexity index is 919. The lowest BCUT2D eigenvalue weighted by molar-refractivity contribution is -0.242. The number of carboxylic acid groups (broad SMARTS) is 1. The van der Waals surface area contributed by atoms with Crippen LogP contribution in [0.5, 0.6) is 0 Å². The second kappa shape index (κ2) is 7.12. The van der Waals surface area contributed by atoms with Crippen molar-refractivity contribution in [2.24, 2.45) is 50.2 Å². The number of rotatable bonds is 1. The maximum atomic E-state index is 12.8. The zero-order valence-corrected chi connectivity index (χ0v) is 22.6. The third-order valence-electron chi connectivity index (χ3n) is 12.9. The highest BCUT2D eigenvalue weighted by atomic mass is 16.4. The van der Waals surface area contributed by atoms with Crippen LogP contribution in [0.2, 0.25) is 0 Å². The first kappa shape index (κ1) is 24.8. The second-order valence-electron chi connectivity index (χ2n) is 15.2. The zero-order valence-electron chi connectivity index (χ0n) is 22.6. The summed E-state index contributed by atoms with van der Waals surface area (Å²) in [6.07, 6.45) is 9.49. The number of aliphatic hydroxyl groups is 2. The van der Waals surface area contributed by atoms with E-state index in [1.807, 2.05) is 0 Å². The molecule has 9 atom stereocenters. The molecular formula is C30H48O4. The summed E-state index contributed by atoms with van der Waals surface area (Å²) in [6.45, 7) is 16.2. The molecule has 3 N–H and O–H groups in total. The first-order valence-corrected chi connectivity index (χ1v) is 13.9. The van der Waals surface area contributed by atoms with Gasteiger partial charge in [-0.2, -0.15) is 0 Å². The van der Waals surface area contributed by atoms with Gasteiger partial charge in [0, 0.05) is 0 Å². The van der Waals surface area contributed by atoms with Crippen LogP contribution in [-0.4, -0.2) is 33.5 Å². The Hall–Kier alpha value is -0.870. The van der Waals surface area contributed by atoms with Gasteiger partial charge >= 0.3 is 5.97 Å². The summed E-state index contributed by atoms with van der Waals surface area (Å²) in [4.78, 5) is 12.8. The van der Waals surface area contributed by atoms with Crippen LogP contribution < -0.4 is 0 Å². The molecule has 5 aliphatic rings. The van der Waals surface area contributed by atoms with Gasteiger partial charge in [-0.05, 0) is 103 Å². The summed E-state index contributed by atoms with van der Waals surface area (Å²) in [5, 5.41) is 33.1. The van der Waals surface area contributed by atoms with E-state index in [0.717, 1.165) is 57.8 Å². The van der Waals surface area contributed by atoms with Gasteiger partial charge in [-0.15, -0.1) is 0 Å². The third-order valence-corrected chi connectivity index (χ3v) is 12.9. The van der Waals surface area contributed by atoms with Gasteiger partial charge in [0.1, 0.15) is 0 Å². The number of hydrogen-bond acceptors (Lipinski definition) is 3. The highest BCUT2D eigenvalue weighted by Gasteiger charge is 2.70. The van der Waals surface area contributed by atoms with E-state index in [2.05, 4.69) is 54.5 Å². The van der Waals surface area contributed by atoms with Crippen molar-refractivity contribution in [1.82, 2.24) is 0 Å². The highest BCUT2D eigenvalue weighted by Crippen LogP contribution is 2.75. The lowest BCUT2D eigenvalue weighted by atomic mass is 9.33. The summed E-state index contributed by atoms with van der Waals surface area (Å²) in [5.74, 6) is 0.0121. The van der Waals surface area contributed by atoms with Gasteiger partial charge < -0.3 is 15.3 Å². The molecule has 192 valence electrons. The van der Waals surface area contributed by atoms with Gasteiger partial charge in [0.2, 0.25) is 0 Å². The summed E-state index contributed by atoms with van der Waals surface area (Å²) < 4.78 is 0. The van der Waals surface area contributed by atoms with Crippen LogP contribution >= 0.6 is 0 Å². The molecule has 4 heteroatoms. The molecule has 0 saturated heterocycles. The molecule has 0 aromatic heterocycles. The predicted octanol–water partition coefficient (Wildman–Crippen LogP) is 6.20. The Balaban J connectivity index is 1.63. The van der Waals surface area contributed by atoms with E-state index in [9.17, 15) is 20.1 Å². The van der Waals surface area contributed by atoms with E-state index in [1.165, 1.54) is 5.57 Å². The summed E-state index contributed by atoms with van der Waals surface area (Å²) >= 11 is 0. The fraction of sp³-hybridized carbons (Fsp3) is 0.900. The minimum absolute atomic E-state index is 0.0344. The number of allylic oxidation sites excluding steroid dienone is 2. The SMILES string of the molecule is CC1(C)CC[C@]2(C(=O)O)CC[C@]3(C)C(=CC[C@H]4[C@@]5(C)CC[C@H](O)C(C)(C)[C@H]5[C@H](O)C[C@]43C)[C@H]2C1. The van der Waals surface area contributed by atoms with Crippen molar-refractivity contribution in [2.75, 3.05) is 0 Å². The molecule has 0 aliphatic heterocycles. The van der Waals surface area contributed by atoms with E-state index >= 15 is 0 Å². The standard InChI is InChI=1S/C30H48O4/c1-25(2)12-14-30(24(33)34)15-13-28(6)18(19(30)16-25)8-9-21-27(5)11-10-22(32)26(3,4)23(27)20(31)17-29(21,28)7/h8,19-23,31-32H,9-17H2,1-7H3,(H,33,34)/t19-,20-,21+,22+,23-,27-,28-,29-,30+/m1/s1. The predicted molar refractivity (Wildman–Crippen MR) is 134 cm³/mol. The van der Waals surface area contributed by atoms with Gasteiger partial charge in [0.15, 0.2) is 0 Å². The molecule has 0 spiro atoms. The quantitative estimate of drug-likeness (QED) is 0.397. The van der Waals surface area contributed by atoms with Crippen LogP contribution in [0.25, 0.3) is 0 Å². The molecule has 4 saturated carbocycles. The van der Waals surface area contributed by atoms with Crippen molar-refractivity contribution < 1.29 is 20.1 Å². The van der Waals surface area contributed by atoms with E-state index in [1.54, 1.807) is 0 Å². The number of aliphatic hydroxyl groups excluding tert-OH is 2. The third kappa shape index (κ3) is 2.88. The molecule has 0 radical (unpaired) electrons. The van der Waals surface area contributed by atoms with Crippen LogP contribution in [0.15, 0.2) is 11.6 Å². The Kier molecular flexibility index (Phi) is 5.20. The zero-order chi connectivity index (χ0) is 25.1. The number of hydrogen-bond donors (Lipinski definition) is 3. The maximum Gasteiger partial charge on any atom is 0.310 e. The van der Waals surface area contributed by atoms with E-state index in [-0.39, 0.29) is 45.0 Å². The normalized spacial score (nSPS) is 53.4. The van der Waals surface area contributed by atoms with Gasteiger partial charge in [0.25, 0.3) is 0 Å². The van der Waals surface area contributed by atoms with Crippen LogP contribution in [0.3, 0.4) is 0 Å². The van der Waals surface area contributed by atoms with Crippen LogP contribution in [0.4, 0.5) is 0 Å². The molecule has 0 heterocycles. The fourth-order valence-corrected chi connectivity index (χ4v) is 10.8. The average Bonchev–Trinajstić information content (AvgIpc) is 2.70. The molecule has 5 rings (SSSR count). The van der Waals surface area contributed by atoms with Crippen molar-refractivity contribution in [3.8, 4) is 0 Å². The first-order chi connectivity index (χ1) is 15.6. The molecule has 0 bridgehead atoms. The average molecular weight is 473 g/mol. The number of fused-ring (bicyclic) bond motifs is 7. The van der Waals surface area contributed by atoms with Gasteiger partial charge in [0.05, 0.1) is 17.6 Å². The largest absolute Gasteiger partial charge is 0.481 e. The molecule has 0 aromatic rings.